The van der Waals surface area contributed by atoms with Crippen molar-refractivity contribution in [3.8, 4) is 0 Å². The molecule has 20 heavy (non-hydrogen) atoms. The average Bonchev–Trinajstić information content (AvgIpc) is 2.69. The second-order valence-electron chi connectivity index (χ2n) is 5.13. The lowest BCUT2D eigenvalue weighted by Gasteiger charge is -2.26. The lowest BCUT2D eigenvalue weighted by molar-refractivity contribution is 0.390. The van der Waals surface area contributed by atoms with Crippen LogP contribution in [-0.4, -0.2) is 18.6 Å². The third-order valence-corrected chi connectivity index (χ3v) is 4.91. The third-order valence-electron chi connectivity index (χ3n) is 3.01. The van der Waals surface area contributed by atoms with E-state index in [9.17, 15) is 8.42 Å². The van der Waals surface area contributed by atoms with Gasteiger partial charge in [-0.05, 0) is 39.3 Å². The molecule has 0 bridgehead atoms. The van der Waals surface area contributed by atoms with Gasteiger partial charge in [0.25, 0.3) is 0 Å². The van der Waals surface area contributed by atoms with Gasteiger partial charge in [-0.15, -0.1) is 0 Å². The van der Waals surface area contributed by atoms with Gasteiger partial charge in [0.2, 0.25) is 10.0 Å². The number of aromatic nitrogens is 2. The zero-order chi connectivity index (χ0) is 15.0. The van der Waals surface area contributed by atoms with E-state index in [4.69, 9.17) is 4.52 Å². The van der Waals surface area contributed by atoms with Crippen molar-refractivity contribution in [2.75, 3.05) is 0 Å². The van der Waals surface area contributed by atoms with E-state index in [0.717, 1.165) is 5.56 Å². The van der Waals surface area contributed by atoms with Crippen molar-refractivity contribution in [1.29, 1.82) is 0 Å². The molecule has 0 atom stereocenters. The average molecular weight is 295 g/mol. The van der Waals surface area contributed by atoms with Crippen molar-refractivity contribution in [3.63, 3.8) is 0 Å². The van der Waals surface area contributed by atoms with E-state index in [2.05, 4.69) is 14.9 Å². The number of sulfonamides is 1. The highest BCUT2D eigenvalue weighted by Gasteiger charge is 2.32. The Morgan fingerprint density at radius 2 is 2.00 bits per heavy atom. The van der Waals surface area contributed by atoms with Gasteiger partial charge in [-0.3, -0.25) is 4.98 Å². The maximum atomic E-state index is 12.5. The van der Waals surface area contributed by atoms with Crippen LogP contribution in [0, 0.1) is 13.8 Å². The minimum absolute atomic E-state index is 0.0921. The summed E-state index contributed by atoms with van der Waals surface area (Å²) in [6.45, 7) is 6.73. The Morgan fingerprint density at radius 3 is 2.50 bits per heavy atom. The summed E-state index contributed by atoms with van der Waals surface area (Å²) in [6, 6.07) is 3.59. The molecule has 108 valence electrons. The fraction of sp³-hybridized carbons (Fsp3) is 0.385. The molecule has 2 heterocycles. The Bertz CT molecular complexity index is 686. The molecule has 0 saturated carbocycles. The van der Waals surface area contributed by atoms with E-state index in [1.54, 1.807) is 46.2 Å². The van der Waals surface area contributed by atoms with Crippen molar-refractivity contribution in [2.45, 2.75) is 38.1 Å². The minimum atomic E-state index is -3.72. The molecule has 2 rings (SSSR count). The SMILES string of the molecule is Cc1noc(C)c1S(=O)(=O)NC(C)(C)c1cccnc1. The quantitative estimate of drug-likeness (QED) is 0.931. The summed E-state index contributed by atoms with van der Waals surface area (Å²) in [4.78, 5) is 4.11. The zero-order valence-corrected chi connectivity index (χ0v) is 12.7. The topological polar surface area (TPSA) is 85.1 Å². The number of hydrogen-bond acceptors (Lipinski definition) is 5. The molecule has 0 aliphatic heterocycles. The first kappa shape index (κ1) is 14.7. The van der Waals surface area contributed by atoms with Gasteiger partial charge in [0.15, 0.2) is 5.76 Å². The first-order valence-corrected chi connectivity index (χ1v) is 7.60. The molecular weight excluding hydrogens is 278 g/mol. The van der Waals surface area contributed by atoms with Crippen molar-refractivity contribution in [2.24, 2.45) is 0 Å². The maximum absolute atomic E-state index is 12.5. The molecular formula is C13H17N3O3S. The summed E-state index contributed by atoms with van der Waals surface area (Å²) in [5.74, 6) is 0.275. The van der Waals surface area contributed by atoms with E-state index in [1.807, 2.05) is 6.07 Å². The van der Waals surface area contributed by atoms with E-state index >= 15 is 0 Å². The van der Waals surface area contributed by atoms with Crippen LogP contribution in [-0.2, 0) is 15.6 Å². The number of nitrogens with zero attached hydrogens (tertiary/aromatic N) is 2. The van der Waals surface area contributed by atoms with Gasteiger partial charge >= 0.3 is 0 Å². The van der Waals surface area contributed by atoms with Gasteiger partial charge in [0.1, 0.15) is 10.6 Å². The lowest BCUT2D eigenvalue weighted by atomic mass is 9.98. The first-order valence-electron chi connectivity index (χ1n) is 6.11. The van der Waals surface area contributed by atoms with Crippen LogP contribution < -0.4 is 4.72 Å². The molecule has 0 radical (unpaired) electrons. The highest BCUT2D eigenvalue weighted by atomic mass is 32.2. The summed E-state index contributed by atoms with van der Waals surface area (Å²) < 4.78 is 32.6. The summed E-state index contributed by atoms with van der Waals surface area (Å²) in [5, 5.41) is 3.68. The van der Waals surface area contributed by atoms with Gasteiger partial charge in [-0.2, -0.15) is 0 Å². The summed E-state index contributed by atoms with van der Waals surface area (Å²) in [7, 11) is -3.72. The van der Waals surface area contributed by atoms with Crippen LogP contribution >= 0.6 is 0 Å². The van der Waals surface area contributed by atoms with Gasteiger partial charge in [-0.1, -0.05) is 11.2 Å². The van der Waals surface area contributed by atoms with Crippen LogP contribution in [0.25, 0.3) is 0 Å². The molecule has 1 N–H and O–H groups in total. The smallest absolute Gasteiger partial charge is 0.246 e. The molecule has 0 aromatic carbocycles. The molecule has 0 aliphatic carbocycles. The van der Waals surface area contributed by atoms with Crippen LogP contribution in [0.3, 0.4) is 0 Å². The van der Waals surface area contributed by atoms with E-state index < -0.39 is 15.6 Å². The summed E-state index contributed by atoms with van der Waals surface area (Å²) in [6.07, 6.45) is 3.28. The molecule has 0 fully saturated rings. The van der Waals surface area contributed by atoms with Crippen molar-refractivity contribution >= 4 is 10.0 Å². The van der Waals surface area contributed by atoms with Crippen molar-refractivity contribution in [3.05, 3.63) is 41.5 Å². The second kappa shape index (κ2) is 4.99. The second-order valence-corrected chi connectivity index (χ2v) is 6.74. The minimum Gasteiger partial charge on any atom is -0.360 e. The first-order chi connectivity index (χ1) is 9.24. The van der Waals surface area contributed by atoms with Crippen LogP contribution in [0.1, 0.15) is 30.9 Å². The van der Waals surface area contributed by atoms with E-state index in [0.29, 0.717) is 5.69 Å². The van der Waals surface area contributed by atoms with E-state index in [1.165, 1.54) is 0 Å². The molecule has 2 aromatic heterocycles. The maximum Gasteiger partial charge on any atom is 0.246 e. The monoisotopic (exact) mass is 295 g/mol. The fourth-order valence-corrected chi connectivity index (χ4v) is 3.77. The number of rotatable bonds is 4. The number of hydrogen-bond donors (Lipinski definition) is 1. The molecule has 0 spiro atoms. The Hall–Kier alpha value is -1.73. The largest absolute Gasteiger partial charge is 0.360 e. The normalized spacial score (nSPS) is 12.6. The Morgan fingerprint density at radius 1 is 1.30 bits per heavy atom. The predicted octanol–water partition coefficient (Wildman–Crippen LogP) is 1.90. The van der Waals surface area contributed by atoms with Crippen LogP contribution in [0.5, 0.6) is 0 Å². The Labute approximate surface area is 118 Å². The van der Waals surface area contributed by atoms with Gasteiger partial charge in [0.05, 0.1) is 5.54 Å². The van der Waals surface area contributed by atoms with Gasteiger partial charge in [-0.25, -0.2) is 13.1 Å². The van der Waals surface area contributed by atoms with Crippen LogP contribution in [0.15, 0.2) is 33.9 Å². The standard InChI is InChI=1S/C13H17N3O3S/c1-9-12(10(2)19-15-9)20(17,18)16-13(3,4)11-6-5-7-14-8-11/h5-8,16H,1-4H3. The highest BCUT2D eigenvalue weighted by molar-refractivity contribution is 7.89. The van der Waals surface area contributed by atoms with Gasteiger partial charge in [0, 0.05) is 12.4 Å². The van der Waals surface area contributed by atoms with Gasteiger partial charge < -0.3 is 4.52 Å². The molecule has 7 heteroatoms. The van der Waals surface area contributed by atoms with Crippen LogP contribution in [0.4, 0.5) is 0 Å². The molecule has 0 saturated heterocycles. The number of aryl methyl sites for hydroxylation is 2. The Balaban J connectivity index is 2.39. The predicted molar refractivity (Wildman–Crippen MR) is 73.6 cm³/mol. The molecule has 0 aliphatic rings. The van der Waals surface area contributed by atoms with Crippen LogP contribution in [0.2, 0.25) is 0 Å². The molecule has 0 unspecified atom stereocenters. The van der Waals surface area contributed by atoms with E-state index in [-0.39, 0.29) is 10.7 Å². The number of nitrogens with one attached hydrogen (secondary N) is 1. The molecule has 2 aromatic rings. The fourth-order valence-electron chi connectivity index (χ4n) is 2.04. The molecule has 6 nitrogen and oxygen atoms in total. The van der Waals surface area contributed by atoms with Crippen molar-refractivity contribution < 1.29 is 12.9 Å². The zero-order valence-electron chi connectivity index (χ0n) is 11.8. The lowest BCUT2D eigenvalue weighted by Crippen LogP contribution is -2.41. The molecule has 0 amide bonds. The summed E-state index contributed by atoms with van der Waals surface area (Å²) >= 11 is 0. The number of pyridine rings is 1. The van der Waals surface area contributed by atoms with Crippen molar-refractivity contribution in [1.82, 2.24) is 14.9 Å². The highest BCUT2D eigenvalue weighted by Crippen LogP contribution is 2.25. The third kappa shape index (κ3) is 2.73. The Kier molecular flexibility index (Phi) is 3.66. The summed E-state index contributed by atoms with van der Waals surface area (Å²) in [5.41, 5.74) is 0.329.